The number of aromatic hydroxyl groups is 1. The van der Waals surface area contributed by atoms with Crippen molar-refractivity contribution < 1.29 is 33.0 Å². The van der Waals surface area contributed by atoms with Gasteiger partial charge in [-0.2, -0.15) is 8.78 Å². The summed E-state index contributed by atoms with van der Waals surface area (Å²) in [5.74, 6) is -1.12. The number of phenols is 1. The maximum atomic E-state index is 12.1. The van der Waals surface area contributed by atoms with Crippen LogP contribution in [0.4, 0.5) is 14.5 Å². The molecule has 30 heavy (non-hydrogen) atoms. The number of alkyl halides is 2. The van der Waals surface area contributed by atoms with E-state index < -0.39 is 25.1 Å². The molecule has 0 bridgehead atoms. The minimum atomic E-state index is -2.93. The minimum Gasteiger partial charge on any atom is -0.508 e. The number of halogens is 2. The molecule has 2 N–H and O–H groups in total. The van der Waals surface area contributed by atoms with Gasteiger partial charge in [-0.25, -0.2) is 4.79 Å². The van der Waals surface area contributed by atoms with E-state index in [-0.39, 0.29) is 17.1 Å². The van der Waals surface area contributed by atoms with E-state index in [4.69, 9.17) is 4.74 Å². The van der Waals surface area contributed by atoms with Crippen molar-refractivity contribution in [2.45, 2.75) is 6.61 Å². The van der Waals surface area contributed by atoms with E-state index in [0.29, 0.717) is 5.69 Å². The van der Waals surface area contributed by atoms with Crippen molar-refractivity contribution in [1.82, 2.24) is 0 Å². The molecule has 3 aromatic rings. The lowest BCUT2D eigenvalue weighted by molar-refractivity contribution is -0.119. The van der Waals surface area contributed by atoms with E-state index in [1.807, 2.05) is 0 Å². The number of phenolic OH excluding ortho intramolecular Hbond substituents is 1. The molecule has 0 atom stereocenters. The van der Waals surface area contributed by atoms with Crippen LogP contribution in [0.2, 0.25) is 0 Å². The van der Waals surface area contributed by atoms with Crippen molar-refractivity contribution in [3.05, 3.63) is 78.4 Å². The third-order valence-corrected chi connectivity index (χ3v) is 4.02. The summed E-state index contributed by atoms with van der Waals surface area (Å²) in [4.78, 5) is 24.0. The molecule has 0 aliphatic carbocycles. The van der Waals surface area contributed by atoms with Crippen LogP contribution in [-0.4, -0.2) is 30.2 Å². The van der Waals surface area contributed by atoms with Gasteiger partial charge < -0.3 is 19.9 Å². The number of amides is 1. The Morgan fingerprint density at radius 3 is 2.00 bits per heavy atom. The van der Waals surface area contributed by atoms with Gasteiger partial charge in [0, 0.05) is 5.69 Å². The summed E-state index contributed by atoms with van der Waals surface area (Å²) in [6, 6.07) is 18.6. The van der Waals surface area contributed by atoms with Gasteiger partial charge in [-0.05, 0) is 59.7 Å². The molecular formula is C22H17F2NO5. The number of hydrogen-bond acceptors (Lipinski definition) is 5. The number of rotatable bonds is 7. The molecule has 0 fully saturated rings. The number of nitrogens with one attached hydrogen (secondary N) is 1. The predicted molar refractivity (Wildman–Crippen MR) is 106 cm³/mol. The van der Waals surface area contributed by atoms with Crippen LogP contribution >= 0.6 is 0 Å². The van der Waals surface area contributed by atoms with Gasteiger partial charge in [0.25, 0.3) is 5.91 Å². The number of carbonyl (C=O) groups excluding carboxylic acids is 2. The van der Waals surface area contributed by atoms with Crippen LogP contribution in [0, 0.1) is 0 Å². The number of anilines is 1. The van der Waals surface area contributed by atoms with E-state index in [1.54, 1.807) is 48.5 Å². The second-order valence-electron chi connectivity index (χ2n) is 6.15. The first-order chi connectivity index (χ1) is 14.4. The second kappa shape index (κ2) is 9.51. The molecule has 0 aliphatic heterocycles. The van der Waals surface area contributed by atoms with E-state index in [1.165, 1.54) is 24.3 Å². The topological polar surface area (TPSA) is 84.9 Å². The predicted octanol–water partition coefficient (Wildman–Crippen LogP) is 4.46. The van der Waals surface area contributed by atoms with Gasteiger partial charge in [0.15, 0.2) is 6.61 Å². The van der Waals surface area contributed by atoms with Crippen molar-refractivity contribution in [2.24, 2.45) is 0 Å². The summed E-state index contributed by atoms with van der Waals surface area (Å²) >= 11 is 0. The number of benzene rings is 3. The first kappa shape index (κ1) is 20.8. The summed E-state index contributed by atoms with van der Waals surface area (Å²) < 4.78 is 33.5. The molecule has 3 aromatic carbocycles. The van der Waals surface area contributed by atoms with Gasteiger partial charge in [-0.1, -0.05) is 24.3 Å². The Morgan fingerprint density at radius 1 is 0.867 bits per heavy atom. The number of hydrogen-bond donors (Lipinski definition) is 2. The zero-order chi connectivity index (χ0) is 21.5. The Morgan fingerprint density at radius 2 is 1.43 bits per heavy atom. The van der Waals surface area contributed by atoms with Crippen molar-refractivity contribution in [2.75, 3.05) is 11.9 Å². The van der Waals surface area contributed by atoms with E-state index in [0.717, 1.165) is 11.1 Å². The summed E-state index contributed by atoms with van der Waals surface area (Å²) in [5, 5.41) is 11.8. The smallest absolute Gasteiger partial charge is 0.387 e. The normalized spacial score (nSPS) is 10.5. The highest BCUT2D eigenvalue weighted by Crippen LogP contribution is 2.22. The second-order valence-corrected chi connectivity index (χ2v) is 6.15. The standard InChI is InChI=1S/C22H17F2NO5/c23-22(24)30-19-11-7-17(8-12-19)25-20(27)13-29-21(28)16-3-1-14(2-4-16)15-5-9-18(26)10-6-15/h1-12,22,26H,13H2,(H,25,27). The Kier molecular flexibility index (Phi) is 6.59. The quantitative estimate of drug-likeness (QED) is 0.559. The number of esters is 1. The molecule has 0 saturated carbocycles. The lowest BCUT2D eigenvalue weighted by Crippen LogP contribution is -2.20. The van der Waals surface area contributed by atoms with Gasteiger partial charge in [0.1, 0.15) is 11.5 Å². The van der Waals surface area contributed by atoms with Crippen molar-refractivity contribution in [3.63, 3.8) is 0 Å². The van der Waals surface area contributed by atoms with Crippen LogP contribution in [0.15, 0.2) is 72.8 Å². The van der Waals surface area contributed by atoms with Crippen molar-refractivity contribution in [3.8, 4) is 22.6 Å². The third kappa shape index (κ3) is 5.78. The molecule has 3 rings (SSSR count). The van der Waals surface area contributed by atoms with Crippen LogP contribution in [0.1, 0.15) is 10.4 Å². The Hall–Kier alpha value is -3.94. The van der Waals surface area contributed by atoms with Crippen LogP contribution in [-0.2, 0) is 9.53 Å². The van der Waals surface area contributed by atoms with E-state index in [9.17, 15) is 23.5 Å². The molecule has 8 heteroatoms. The van der Waals surface area contributed by atoms with E-state index in [2.05, 4.69) is 10.1 Å². The van der Waals surface area contributed by atoms with E-state index >= 15 is 0 Å². The summed E-state index contributed by atoms with van der Waals surface area (Å²) in [7, 11) is 0. The van der Waals surface area contributed by atoms with Crippen LogP contribution in [0.3, 0.4) is 0 Å². The van der Waals surface area contributed by atoms with Crippen molar-refractivity contribution in [1.29, 1.82) is 0 Å². The lowest BCUT2D eigenvalue weighted by Gasteiger charge is -2.08. The third-order valence-electron chi connectivity index (χ3n) is 4.02. The van der Waals surface area contributed by atoms with Crippen LogP contribution in [0.5, 0.6) is 11.5 Å². The lowest BCUT2D eigenvalue weighted by atomic mass is 10.0. The average Bonchev–Trinajstić information content (AvgIpc) is 2.74. The largest absolute Gasteiger partial charge is 0.508 e. The Balaban J connectivity index is 1.51. The molecule has 0 heterocycles. The van der Waals surface area contributed by atoms with Gasteiger partial charge >= 0.3 is 12.6 Å². The first-order valence-corrected chi connectivity index (χ1v) is 8.82. The van der Waals surface area contributed by atoms with Gasteiger partial charge in [0.2, 0.25) is 0 Å². The molecule has 0 aromatic heterocycles. The van der Waals surface area contributed by atoms with Gasteiger partial charge in [-0.15, -0.1) is 0 Å². The maximum absolute atomic E-state index is 12.1. The molecule has 6 nitrogen and oxygen atoms in total. The van der Waals surface area contributed by atoms with Crippen LogP contribution < -0.4 is 10.1 Å². The Bertz CT molecular complexity index is 1000. The fourth-order valence-electron chi connectivity index (χ4n) is 2.58. The highest BCUT2D eigenvalue weighted by Gasteiger charge is 2.11. The SMILES string of the molecule is O=C(COC(=O)c1ccc(-c2ccc(O)cc2)cc1)Nc1ccc(OC(F)F)cc1. The minimum absolute atomic E-state index is 0.0369. The van der Waals surface area contributed by atoms with Gasteiger partial charge in [0.05, 0.1) is 5.56 Å². The van der Waals surface area contributed by atoms with Gasteiger partial charge in [-0.3, -0.25) is 4.79 Å². The molecule has 0 unspecified atom stereocenters. The zero-order valence-corrected chi connectivity index (χ0v) is 15.5. The summed E-state index contributed by atoms with van der Waals surface area (Å²) in [6.45, 7) is -3.44. The average molecular weight is 413 g/mol. The van der Waals surface area contributed by atoms with Crippen molar-refractivity contribution >= 4 is 17.6 Å². The fraction of sp³-hybridized carbons (Fsp3) is 0.0909. The van der Waals surface area contributed by atoms with Crippen LogP contribution in [0.25, 0.3) is 11.1 Å². The monoisotopic (exact) mass is 413 g/mol. The highest BCUT2D eigenvalue weighted by molar-refractivity contribution is 5.95. The Labute approximate surface area is 170 Å². The molecule has 154 valence electrons. The molecular weight excluding hydrogens is 396 g/mol. The molecule has 0 saturated heterocycles. The molecule has 0 radical (unpaired) electrons. The highest BCUT2D eigenvalue weighted by atomic mass is 19.3. The summed E-state index contributed by atoms with van der Waals surface area (Å²) in [6.07, 6.45) is 0. The number of carbonyl (C=O) groups is 2. The number of ether oxygens (including phenoxy) is 2. The fourth-order valence-corrected chi connectivity index (χ4v) is 2.58. The first-order valence-electron chi connectivity index (χ1n) is 8.82. The zero-order valence-electron chi connectivity index (χ0n) is 15.5. The molecule has 0 spiro atoms. The summed E-state index contributed by atoms with van der Waals surface area (Å²) in [5.41, 5.74) is 2.34. The molecule has 1 amide bonds. The maximum Gasteiger partial charge on any atom is 0.387 e. The molecule has 0 aliphatic rings.